The maximum atomic E-state index is 12.1. The first kappa shape index (κ1) is 11.1. The summed E-state index contributed by atoms with van der Waals surface area (Å²) in [4.78, 5) is 19.1. The highest BCUT2D eigenvalue weighted by Gasteiger charge is 2.15. The summed E-state index contributed by atoms with van der Waals surface area (Å²) in [5.41, 5.74) is 1.76. The van der Waals surface area contributed by atoms with Crippen LogP contribution >= 0.6 is 0 Å². The standard InChI is InChI=1S/C14H11N3O3/c18-14-16-10-2-1-5-15-13(10)17(14)9-3-4-11-12(8-9)20-7-6-19-11/h1-5,8H,6-7H2,(H,16,18). The number of ether oxygens (including phenoxy) is 2. The zero-order chi connectivity index (χ0) is 13.5. The van der Waals surface area contributed by atoms with Crippen LogP contribution in [0.5, 0.6) is 11.5 Å². The van der Waals surface area contributed by atoms with Crippen LogP contribution in [0.2, 0.25) is 0 Å². The number of benzene rings is 1. The average molecular weight is 269 g/mol. The van der Waals surface area contributed by atoms with E-state index in [0.29, 0.717) is 41.6 Å². The second-order valence-electron chi connectivity index (χ2n) is 4.47. The Kier molecular flexibility index (Phi) is 2.29. The summed E-state index contributed by atoms with van der Waals surface area (Å²) in [6.07, 6.45) is 1.66. The van der Waals surface area contributed by atoms with E-state index in [0.717, 1.165) is 0 Å². The first-order valence-electron chi connectivity index (χ1n) is 6.29. The third kappa shape index (κ3) is 1.58. The van der Waals surface area contributed by atoms with Crippen LogP contribution in [0.15, 0.2) is 41.3 Å². The number of imidazole rings is 1. The van der Waals surface area contributed by atoms with Gasteiger partial charge in [0, 0.05) is 12.3 Å². The van der Waals surface area contributed by atoms with Gasteiger partial charge in [-0.3, -0.25) is 0 Å². The number of aromatic amines is 1. The fourth-order valence-corrected chi connectivity index (χ4v) is 2.35. The number of hydrogen-bond acceptors (Lipinski definition) is 4. The molecule has 0 spiro atoms. The van der Waals surface area contributed by atoms with Crippen LogP contribution in [-0.4, -0.2) is 27.7 Å². The smallest absolute Gasteiger partial charge is 0.332 e. The van der Waals surface area contributed by atoms with Gasteiger partial charge in [-0.15, -0.1) is 0 Å². The predicted molar refractivity (Wildman–Crippen MR) is 72.7 cm³/mol. The molecule has 3 heterocycles. The third-order valence-corrected chi connectivity index (χ3v) is 3.23. The minimum atomic E-state index is -0.227. The summed E-state index contributed by atoms with van der Waals surface area (Å²) in [6.45, 7) is 1.05. The zero-order valence-electron chi connectivity index (χ0n) is 10.5. The van der Waals surface area contributed by atoms with Gasteiger partial charge in [0.15, 0.2) is 17.1 Å². The highest BCUT2D eigenvalue weighted by atomic mass is 16.6. The number of H-pyrrole nitrogens is 1. The summed E-state index contributed by atoms with van der Waals surface area (Å²) < 4.78 is 12.5. The van der Waals surface area contributed by atoms with Gasteiger partial charge >= 0.3 is 5.69 Å². The van der Waals surface area contributed by atoms with E-state index in [1.807, 2.05) is 12.1 Å². The van der Waals surface area contributed by atoms with E-state index >= 15 is 0 Å². The molecule has 1 aliphatic rings. The Hall–Kier alpha value is -2.76. The summed E-state index contributed by atoms with van der Waals surface area (Å²) in [5.74, 6) is 1.34. The van der Waals surface area contributed by atoms with Crippen LogP contribution in [0.1, 0.15) is 0 Å². The normalized spacial score (nSPS) is 13.6. The molecule has 0 unspecified atom stereocenters. The highest BCUT2D eigenvalue weighted by molar-refractivity contribution is 5.72. The highest BCUT2D eigenvalue weighted by Crippen LogP contribution is 2.32. The molecule has 1 aliphatic heterocycles. The van der Waals surface area contributed by atoms with Gasteiger partial charge in [-0.2, -0.15) is 0 Å². The number of nitrogens with one attached hydrogen (secondary N) is 1. The lowest BCUT2D eigenvalue weighted by Gasteiger charge is -2.18. The summed E-state index contributed by atoms with van der Waals surface area (Å²) in [6, 6.07) is 9.01. The maximum absolute atomic E-state index is 12.1. The Morgan fingerprint density at radius 3 is 2.90 bits per heavy atom. The summed E-state index contributed by atoms with van der Waals surface area (Å²) in [5, 5.41) is 0. The van der Waals surface area contributed by atoms with Crippen LogP contribution in [0, 0.1) is 0 Å². The zero-order valence-corrected chi connectivity index (χ0v) is 10.5. The molecule has 1 aromatic carbocycles. The number of hydrogen-bond donors (Lipinski definition) is 1. The molecule has 6 heteroatoms. The van der Waals surface area contributed by atoms with Crippen molar-refractivity contribution in [3.05, 3.63) is 47.0 Å². The van der Waals surface area contributed by atoms with Crippen LogP contribution in [0.3, 0.4) is 0 Å². The van der Waals surface area contributed by atoms with Crippen LogP contribution < -0.4 is 15.2 Å². The SMILES string of the molecule is O=c1[nH]c2cccnc2n1-c1ccc2c(c1)OCCO2. The Balaban J connectivity index is 1.95. The van der Waals surface area contributed by atoms with Gasteiger partial charge in [0.1, 0.15) is 13.2 Å². The molecule has 6 nitrogen and oxygen atoms in total. The number of nitrogens with zero attached hydrogens (tertiary/aromatic N) is 2. The molecule has 0 atom stereocenters. The van der Waals surface area contributed by atoms with Crippen molar-refractivity contribution >= 4 is 11.2 Å². The second kappa shape index (κ2) is 4.12. The topological polar surface area (TPSA) is 69.1 Å². The number of pyridine rings is 1. The van der Waals surface area contributed by atoms with Crippen molar-refractivity contribution < 1.29 is 9.47 Å². The van der Waals surface area contributed by atoms with Gasteiger partial charge in [-0.25, -0.2) is 14.3 Å². The van der Waals surface area contributed by atoms with E-state index in [4.69, 9.17) is 9.47 Å². The lowest BCUT2D eigenvalue weighted by molar-refractivity contribution is 0.171. The number of rotatable bonds is 1. The van der Waals surface area contributed by atoms with Crippen molar-refractivity contribution in [1.29, 1.82) is 0 Å². The fourth-order valence-electron chi connectivity index (χ4n) is 2.35. The molecule has 100 valence electrons. The van der Waals surface area contributed by atoms with E-state index in [-0.39, 0.29) is 5.69 Å². The maximum Gasteiger partial charge on any atom is 0.332 e. The fraction of sp³-hybridized carbons (Fsp3) is 0.143. The Morgan fingerprint density at radius 1 is 1.15 bits per heavy atom. The summed E-state index contributed by atoms with van der Waals surface area (Å²) in [7, 11) is 0. The summed E-state index contributed by atoms with van der Waals surface area (Å²) >= 11 is 0. The molecular formula is C14H11N3O3. The first-order chi connectivity index (χ1) is 9.83. The second-order valence-corrected chi connectivity index (χ2v) is 4.47. The van der Waals surface area contributed by atoms with Crippen molar-refractivity contribution in [2.24, 2.45) is 0 Å². The first-order valence-corrected chi connectivity index (χ1v) is 6.29. The monoisotopic (exact) mass is 269 g/mol. The number of fused-ring (bicyclic) bond motifs is 2. The molecule has 0 aliphatic carbocycles. The minimum absolute atomic E-state index is 0.227. The van der Waals surface area contributed by atoms with E-state index in [1.54, 1.807) is 24.4 Å². The molecule has 20 heavy (non-hydrogen) atoms. The van der Waals surface area contributed by atoms with E-state index in [1.165, 1.54) is 4.57 Å². The van der Waals surface area contributed by atoms with Crippen molar-refractivity contribution in [2.45, 2.75) is 0 Å². The van der Waals surface area contributed by atoms with Gasteiger partial charge in [0.25, 0.3) is 0 Å². The minimum Gasteiger partial charge on any atom is -0.486 e. The number of aromatic nitrogens is 3. The molecule has 0 amide bonds. The molecular weight excluding hydrogens is 258 g/mol. The van der Waals surface area contributed by atoms with Gasteiger partial charge in [-0.05, 0) is 24.3 Å². The molecule has 0 bridgehead atoms. The largest absolute Gasteiger partial charge is 0.486 e. The Morgan fingerprint density at radius 2 is 2.00 bits per heavy atom. The molecule has 0 fully saturated rings. The van der Waals surface area contributed by atoms with E-state index in [9.17, 15) is 4.79 Å². The van der Waals surface area contributed by atoms with Gasteiger partial charge in [0.05, 0.1) is 11.2 Å². The van der Waals surface area contributed by atoms with Gasteiger partial charge in [-0.1, -0.05) is 0 Å². The van der Waals surface area contributed by atoms with Crippen LogP contribution in [0.25, 0.3) is 16.9 Å². The lowest BCUT2D eigenvalue weighted by Crippen LogP contribution is -2.18. The lowest BCUT2D eigenvalue weighted by atomic mass is 10.2. The van der Waals surface area contributed by atoms with Gasteiger partial charge in [0.2, 0.25) is 0 Å². The van der Waals surface area contributed by atoms with Crippen molar-refractivity contribution in [1.82, 2.24) is 14.5 Å². The molecule has 0 saturated heterocycles. The Labute approximate surface area is 113 Å². The van der Waals surface area contributed by atoms with Crippen LogP contribution in [-0.2, 0) is 0 Å². The van der Waals surface area contributed by atoms with Crippen molar-refractivity contribution in [2.75, 3.05) is 13.2 Å². The Bertz CT molecular complexity index is 850. The quantitative estimate of drug-likeness (QED) is 0.726. The molecule has 0 radical (unpaired) electrons. The van der Waals surface area contributed by atoms with E-state index in [2.05, 4.69) is 9.97 Å². The molecule has 4 rings (SSSR count). The van der Waals surface area contributed by atoms with Crippen LogP contribution in [0.4, 0.5) is 0 Å². The van der Waals surface area contributed by atoms with E-state index < -0.39 is 0 Å². The average Bonchev–Trinajstić information content (AvgIpc) is 2.82. The third-order valence-electron chi connectivity index (χ3n) is 3.23. The van der Waals surface area contributed by atoms with Crippen molar-refractivity contribution in [3.8, 4) is 17.2 Å². The van der Waals surface area contributed by atoms with Crippen molar-refractivity contribution in [3.63, 3.8) is 0 Å². The van der Waals surface area contributed by atoms with Gasteiger partial charge < -0.3 is 14.5 Å². The molecule has 3 aromatic rings. The molecule has 0 saturated carbocycles. The predicted octanol–water partition coefficient (Wildman–Crippen LogP) is 1.48. The molecule has 1 N–H and O–H groups in total. The molecule has 2 aromatic heterocycles.